The number of aromatic amines is 1. The van der Waals surface area contributed by atoms with E-state index in [2.05, 4.69) is 25.4 Å². The molecule has 0 spiro atoms. The fourth-order valence-corrected chi connectivity index (χ4v) is 3.44. The number of aromatic nitrogens is 5. The summed E-state index contributed by atoms with van der Waals surface area (Å²) in [6, 6.07) is 4.85. The van der Waals surface area contributed by atoms with Crippen LogP contribution in [0.4, 0.5) is 19.0 Å². The number of anilines is 1. The topological polar surface area (TPSA) is 88.5 Å². The maximum Gasteiger partial charge on any atom is 0.266 e. The van der Waals surface area contributed by atoms with Crippen molar-refractivity contribution in [2.24, 2.45) is 7.05 Å². The fraction of sp³-hybridized carbons (Fsp3) is 0.238. The molecule has 0 saturated carbocycles. The normalized spacial score (nSPS) is 12.5. The van der Waals surface area contributed by atoms with Gasteiger partial charge in [-0.2, -0.15) is 5.10 Å². The molecule has 0 aliphatic heterocycles. The Morgan fingerprint density at radius 3 is 2.61 bits per heavy atom. The monoisotopic (exact) mass is 428 g/mol. The molecule has 0 radical (unpaired) electrons. The minimum Gasteiger partial charge on any atom is -0.363 e. The van der Waals surface area contributed by atoms with Crippen LogP contribution in [0.15, 0.2) is 41.5 Å². The molecule has 4 aromatic rings. The Balaban J connectivity index is 1.80. The lowest BCUT2D eigenvalue weighted by atomic mass is 10.0. The van der Waals surface area contributed by atoms with Gasteiger partial charge in [0.1, 0.15) is 23.1 Å². The number of nitrogens with one attached hydrogen (secondary N) is 2. The lowest BCUT2D eigenvalue weighted by Gasteiger charge is -2.18. The second-order valence-corrected chi connectivity index (χ2v) is 7.21. The van der Waals surface area contributed by atoms with Crippen LogP contribution in [-0.2, 0) is 7.05 Å². The number of alkyl halides is 2. The van der Waals surface area contributed by atoms with E-state index in [9.17, 15) is 18.0 Å². The number of H-pyrrole nitrogens is 1. The van der Waals surface area contributed by atoms with Gasteiger partial charge in [0.25, 0.3) is 12.0 Å². The van der Waals surface area contributed by atoms with Crippen molar-refractivity contribution >= 4 is 16.9 Å². The van der Waals surface area contributed by atoms with Gasteiger partial charge in [-0.1, -0.05) is 18.2 Å². The molecule has 0 unspecified atom stereocenters. The van der Waals surface area contributed by atoms with Gasteiger partial charge in [-0.05, 0) is 19.9 Å². The minimum absolute atomic E-state index is 0.0825. The summed E-state index contributed by atoms with van der Waals surface area (Å²) in [4.78, 5) is 24.0. The highest BCUT2D eigenvalue weighted by atomic mass is 19.3. The van der Waals surface area contributed by atoms with Crippen molar-refractivity contribution in [1.82, 2.24) is 24.7 Å². The first-order valence-electron chi connectivity index (χ1n) is 9.48. The van der Waals surface area contributed by atoms with Crippen molar-refractivity contribution in [1.29, 1.82) is 0 Å². The lowest BCUT2D eigenvalue weighted by Crippen LogP contribution is -2.15. The molecule has 0 amide bonds. The molecular weight excluding hydrogens is 409 g/mol. The van der Waals surface area contributed by atoms with Gasteiger partial charge >= 0.3 is 0 Å². The van der Waals surface area contributed by atoms with Crippen LogP contribution >= 0.6 is 0 Å². The smallest absolute Gasteiger partial charge is 0.266 e. The van der Waals surface area contributed by atoms with Crippen molar-refractivity contribution in [3.05, 3.63) is 69.8 Å². The number of halogens is 3. The minimum atomic E-state index is -2.92. The highest BCUT2D eigenvalue weighted by Gasteiger charge is 2.21. The summed E-state index contributed by atoms with van der Waals surface area (Å²) in [5.41, 5.74) is 0.377. The third-order valence-electron chi connectivity index (χ3n) is 4.95. The molecule has 7 nitrogen and oxygen atoms in total. The number of fused-ring (bicyclic) bond motifs is 1. The largest absolute Gasteiger partial charge is 0.363 e. The van der Waals surface area contributed by atoms with Crippen molar-refractivity contribution in [2.75, 3.05) is 5.32 Å². The van der Waals surface area contributed by atoms with E-state index in [1.165, 1.54) is 12.1 Å². The highest BCUT2D eigenvalue weighted by molar-refractivity contribution is 5.90. The molecule has 2 N–H and O–H groups in total. The van der Waals surface area contributed by atoms with Crippen molar-refractivity contribution in [3.8, 4) is 11.1 Å². The quantitative estimate of drug-likeness (QED) is 0.496. The molecule has 0 aliphatic rings. The van der Waals surface area contributed by atoms with Crippen molar-refractivity contribution in [2.45, 2.75) is 26.3 Å². The molecule has 3 heterocycles. The Morgan fingerprint density at radius 2 is 1.94 bits per heavy atom. The number of pyridine rings is 1. The van der Waals surface area contributed by atoms with Gasteiger partial charge in [0.2, 0.25) is 0 Å². The van der Waals surface area contributed by atoms with E-state index >= 15 is 0 Å². The van der Waals surface area contributed by atoms with Gasteiger partial charge in [-0.25, -0.2) is 23.1 Å². The number of nitrogens with zero attached hydrogens (tertiary/aromatic N) is 4. The van der Waals surface area contributed by atoms with E-state index in [-0.39, 0.29) is 11.1 Å². The van der Waals surface area contributed by atoms with E-state index in [1.54, 1.807) is 44.0 Å². The van der Waals surface area contributed by atoms with Crippen LogP contribution in [0, 0.1) is 12.7 Å². The van der Waals surface area contributed by atoms with Crippen LogP contribution in [0.25, 0.3) is 22.2 Å². The maximum absolute atomic E-state index is 14.6. The summed E-state index contributed by atoms with van der Waals surface area (Å²) in [5.74, 6) is -0.232. The molecule has 1 aromatic carbocycles. The molecular formula is C21H19F3N6O. The van der Waals surface area contributed by atoms with Crippen LogP contribution in [-0.4, -0.2) is 24.7 Å². The van der Waals surface area contributed by atoms with E-state index < -0.39 is 23.8 Å². The zero-order valence-corrected chi connectivity index (χ0v) is 16.9. The van der Waals surface area contributed by atoms with Crippen LogP contribution in [0.3, 0.4) is 0 Å². The van der Waals surface area contributed by atoms with E-state index in [0.29, 0.717) is 33.8 Å². The van der Waals surface area contributed by atoms with E-state index in [1.807, 2.05) is 0 Å². The fourth-order valence-electron chi connectivity index (χ4n) is 3.44. The van der Waals surface area contributed by atoms with Gasteiger partial charge in [-0.3, -0.25) is 9.48 Å². The third-order valence-corrected chi connectivity index (χ3v) is 4.95. The molecule has 0 fully saturated rings. The summed E-state index contributed by atoms with van der Waals surface area (Å²) in [7, 11) is 1.74. The first-order valence-corrected chi connectivity index (χ1v) is 9.48. The Morgan fingerprint density at radius 1 is 1.19 bits per heavy atom. The summed E-state index contributed by atoms with van der Waals surface area (Å²) in [6.07, 6.45) is 0.347. The van der Waals surface area contributed by atoms with Gasteiger partial charge < -0.3 is 10.3 Å². The Kier molecular flexibility index (Phi) is 5.22. The van der Waals surface area contributed by atoms with E-state index in [4.69, 9.17) is 0 Å². The summed E-state index contributed by atoms with van der Waals surface area (Å²) in [6.45, 7) is 3.30. The predicted octanol–water partition coefficient (Wildman–Crippen LogP) is 4.28. The van der Waals surface area contributed by atoms with Crippen LogP contribution in [0.2, 0.25) is 0 Å². The van der Waals surface area contributed by atoms with Crippen molar-refractivity contribution < 1.29 is 13.2 Å². The summed E-state index contributed by atoms with van der Waals surface area (Å²) >= 11 is 0. The van der Waals surface area contributed by atoms with Gasteiger partial charge in [0.15, 0.2) is 0 Å². The van der Waals surface area contributed by atoms with Gasteiger partial charge in [0.05, 0.1) is 28.8 Å². The number of aryl methyl sites for hydroxylation is 2. The molecule has 0 aliphatic carbocycles. The number of rotatable bonds is 5. The second-order valence-electron chi connectivity index (χ2n) is 7.21. The predicted molar refractivity (Wildman–Crippen MR) is 110 cm³/mol. The molecule has 10 heteroatoms. The van der Waals surface area contributed by atoms with Crippen LogP contribution in [0.5, 0.6) is 0 Å². The first kappa shape index (κ1) is 20.6. The van der Waals surface area contributed by atoms with E-state index in [0.717, 1.165) is 6.07 Å². The average Bonchev–Trinajstić information content (AvgIpc) is 3.13. The second kappa shape index (κ2) is 7.86. The SMILES string of the molecule is Cc1nc(N[C@H](C)c2cccc(C(F)F)c2F)c2cc(-c3cnn(C)c3)c(=O)[nH]c2n1. The molecule has 31 heavy (non-hydrogen) atoms. The Labute approximate surface area is 175 Å². The third kappa shape index (κ3) is 3.88. The molecule has 0 bridgehead atoms. The number of hydrogen-bond donors (Lipinski definition) is 2. The first-order chi connectivity index (χ1) is 14.7. The molecule has 0 saturated heterocycles. The molecule has 1 atom stereocenters. The van der Waals surface area contributed by atoms with Crippen LogP contribution in [0.1, 0.15) is 36.3 Å². The zero-order valence-electron chi connectivity index (χ0n) is 16.9. The summed E-state index contributed by atoms with van der Waals surface area (Å²) in [5, 5.41) is 7.66. The summed E-state index contributed by atoms with van der Waals surface area (Å²) < 4.78 is 42.3. The average molecular weight is 428 g/mol. The van der Waals surface area contributed by atoms with Gasteiger partial charge in [0, 0.05) is 24.4 Å². The number of hydrogen-bond acceptors (Lipinski definition) is 5. The maximum atomic E-state index is 14.6. The molecule has 4 rings (SSSR count). The molecule has 3 aromatic heterocycles. The Hall–Kier alpha value is -3.69. The number of benzene rings is 1. The highest BCUT2D eigenvalue weighted by Crippen LogP contribution is 2.30. The zero-order chi connectivity index (χ0) is 22.3. The molecule has 160 valence electrons. The Bertz CT molecular complexity index is 1330. The van der Waals surface area contributed by atoms with Crippen molar-refractivity contribution in [3.63, 3.8) is 0 Å². The lowest BCUT2D eigenvalue weighted by molar-refractivity contribution is 0.146. The standard InChI is InChI=1S/C21H19F3N6O/c1-10(13-5-4-6-14(17(13)22)18(23)24)26-19-16-7-15(12-8-25-30(3)9-12)21(31)29-20(16)28-11(2)27-19/h4-10,18H,1-3H3,(H2,26,27,28,29,31)/t10-/m1/s1. The van der Waals surface area contributed by atoms with Gasteiger partial charge in [-0.15, -0.1) is 0 Å². The van der Waals surface area contributed by atoms with Crippen LogP contribution < -0.4 is 10.9 Å².